The van der Waals surface area contributed by atoms with Gasteiger partial charge in [-0.05, 0) is 24.3 Å². The summed E-state index contributed by atoms with van der Waals surface area (Å²) in [5, 5.41) is 0. The van der Waals surface area contributed by atoms with Crippen LogP contribution in [0.4, 0.5) is 10.1 Å². The SMILES string of the molecule is COc1ccc(S(=O)(=O)NCCN2CCN(c3ccccc3F)CC2)cc1OC. The number of nitrogens with one attached hydrogen (secondary N) is 1. The lowest BCUT2D eigenvalue weighted by atomic mass is 10.2. The fourth-order valence-electron chi connectivity index (χ4n) is 3.33. The normalized spacial score (nSPS) is 15.3. The Morgan fingerprint density at radius 3 is 2.34 bits per heavy atom. The lowest BCUT2D eigenvalue weighted by Gasteiger charge is -2.36. The summed E-state index contributed by atoms with van der Waals surface area (Å²) in [6.07, 6.45) is 0. The highest BCUT2D eigenvalue weighted by Crippen LogP contribution is 2.29. The minimum Gasteiger partial charge on any atom is -0.493 e. The zero-order chi connectivity index (χ0) is 20.9. The molecule has 1 saturated heterocycles. The van der Waals surface area contributed by atoms with Gasteiger partial charge < -0.3 is 14.4 Å². The van der Waals surface area contributed by atoms with Crippen molar-refractivity contribution in [2.24, 2.45) is 0 Å². The molecule has 0 spiro atoms. The molecule has 0 atom stereocenters. The van der Waals surface area contributed by atoms with E-state index in [1.807, 2.05) is 11.0 Å². The van der Waals surface area contributed by atoms with Crippen molar-refractivity contribution in [3.8, 4) is 11.5 Å². The number of hydrogen-bond acceptors (Lipinski definition) is 6. The third kappa shape index (κ3) is 5.17. The van der Waals surface area contributed by atoms with Crippen LogP contribution in [0.1, 0.15) is 0 Å². The van der Waals surface area contributed by atoms with Gasteiger partial charge in [-0.2, -0.15) is 0 Å². The number of methoxy groups -OCH3 is 2. The summed E-state index contributed by atoms with van der Waals surface area (Å²) in [5.41, 5.74) is 0.612. The van der Waals surface area contributed by atoms with E-state index in [0.29, 0.717) is 36.8 Å². The molecule has 158 valence electrons. The van der Waals surface area contributed by atoms with Gasteiger partial charge in [-0.25, -0.2) is 17.5 Å². The van der Waals surface area contributed by atoms with Crippen LogP contribution in [0.2, 0.25) is 0 Å². The Kier molecular flexibility index (Phi) is 6.94. The highest BCUT2D eigenvalue weighted by molar-refractivity contribution is 7.89. The van der Waals surface area contributed by atoms with Gasteiger partial charge in [0.2, 0.25) is 10.0 Å². The van der Waals surface area contributed by atoms with E-state index in [1.165, 1.54) is 32.4 Å². The first-order valence-corrected chi connectivity index (χ1v) is 10.9. The highest BCUT2D eigenvalue weighted by atomic mass is 32.2. The second kappa shape index (κ2) is 9.43. The number of nitrogens with zero attached hydrogens (tertiary/aromatic N) is 2. The number of halogens is 1. The van der Waals surface area contributed by atoms with Gasteiger partial charge in [-0.1, -0.05) is 12.1 Å². The minimum atomic E-state index is -3.65. The van der Waals surface area contributed by atoms with Crippen LogP contribution in [0.15, 0.2) is 47.4 Å². The van der Waals surface area contributed by atoms with E-state index in [0.717, 1.165) is 13.1 Å². The molecule has 3 rings (SSSR count). The predicted molar refractivity (Wildman–Crippen MR) is 110 cm³/mol. The van der Waals surface area contributed by atoms with Crippen molar-refractivity contribution >= 4 is 15.7 Å². The molecule has 7 nitrogen and oxygen atoms in total. The number of benzene rings is 2. The Balaban J connectivity index is 1.51. The van der Waals surface area contributed by atoms with E-state index in [1.54, 1.807) is 18.2 Å². The smallest absolute Gasteiger partial charge is 0.240 e. The summed E-state index contributed by atoms with van der Waals surface area (Å²) in [7, 11) is -0.693. The van der Waals surface area contributed by atoms with Gasteiger partial charge in [0.05, 0.1) is 24.8 Å². The second-order valence-electron chi connectivity index (χ2n) is 6.69. The quantitative estimate of drug-likeness (QED) is 0.700. The van der Waals surface area contributed by atoms with Gasteiger partial charge >= 0.3 is 0 Å². The molecule has 2 aromatic rings. The summed E-state index contributed by atoms with van der Waals surface area (Å²) in [5.74, 6) is 0.613. The number of piperazine rings is 1. The third-order valence-electron chi connectivity index (χ3n) is 4.95. The van der Waals surface area contributed by atoms with Crippen molar-refractivity contribution in [1.29, 1.82) is 0 Å². The molecule has 0 saturated carbocycles. The van der Waals surface area contributed by atoms with Crippen molar-refractivity contribution in [2.45, 2.75) is 4.90 Å². The Morgan fingerprint density at radius 1 is 1.00 bits per heavy atom. The van der Waals surface area contributed by atoms with E-state index >= 15 is 0 Å². The van der Waals surface area contributed by atoms with Crippen molar-refractivity contribution in [3.05, 3.63) is 48.3 Å². The Morgan fingerprint density at radius 2 is 1.69 bits per heavy atom. The van der Waals surface area contributed by atoms with E-state index in [9.17, 15) is 12.8 Å². The summed E-state index contributed by atoms with van der Waals surface area (Å²) in [6.45, 7) is 3.75. The lowest BCUT2D eigenvalue weighted by Crippen LogP contribution is -2.48. The molecule has 1 aliphatic rings. The summed E-state index contributed by atoms with van der Waals surface area (Å²) >= 11 is 0. The van der Waals surface area contributed by atoms with Crippen LogP contribution in [-0.2, 0) is 10.0 Å². The average Bonchev–Trinajstić information content (AvgIpc) is 2.74. The Hall–Kier alpha value is -2.36. The summed E-state index contributed by atoms with van der Waals surface area (Å²) < 4.78 is 51.9. The van der Waals surface area contributed by atoms with Gasteiger partial charge in [-0.15, -0.1) is 0 Å². The molecule has 0 aromatic heterocycles. The van der Waals surface area contributed by atoms with Crippen molar-refractivity contribution < 1.29 is 22.3 Å². The molecule has 0 aliphatic carbocycles. The summed E-state index contributed by atoms with van der Waals surface area (Å²) in [4.78, 5) is 4.30. The molecular formula is C20H26FN3O4S. The Bertz CT molecular complexity index is 931. The zero-order valence-electron chi connectivity index (χ0n) is 16.6. The summed E-state index contributed by atoms with van der Waals surface area (Å²) in [6, 6.07) is 11.2. The van der Waals surface area contributed by atoms with E-state index in [4.69, 9.17) is 9.47 Å². The molecule has 0 unspecified atom stereocenters. The number of para-hydroxylation sites is 1. The van der Waals surface area contributed by atoms with Crippen LogP contribution < -0.4 is 19.1 Å². The number of hydrogen-bond donors (Lipinski definition) is 1. The molecule has 0 radical (unpaired) electrons. The van der Waals surface area contributed by atoms with Gasteiger partial charge in [0.25, 0.3) is 0 Å². The van der Waals surface area contributed by atoms with Crippen LogP contribution in [0.25, 0.3) is 0 Å². The zero-order valence-corrected chi connectivity index (χ0v) is 17.4. The first-order valence-electron chi connectivity index (χ1n) is 9.38. The number of rotatable bonds is 8. The van der Waals surface area contributed by atoms with Gasteiger partial charge in [0.1, 0.15) is 5.82 Å². The van der Waals surface area contributed by atoms with Crippen LogP contribution in [0.5, 0.6) is 11.5 Å². The van der Waals surface area contributed by atoms with Crippen LogP contribution in [0.3, 0.4) is 0 Å². The van der Waals surface area contributed by atoms with Crippen molar-refractivity contribution in [3.63, 3.8) is 0 Å². The van der Waals surface area contributed by atoms with E-state index < -0.39 is 10.0 Å². The molecule has 0 bridgehead atoms. The fraction of sp³-hybridized carbons (Fsp3) is 0.400. The molecule has 9 heteroatoms. The first kappa shape index (κ1) is 21.4. The molecule has 2 aromatic carbocycles. The maximum Gasteiger partial charge on any atom is 0.240 e. The van der Waals surface area contributed by atoms with E-state index in [-0.39, 0.29) is 17.3 Å². The number of sulfonamides is 1. The molecule has 29 heavy (non-hydrogen) atoms. The monoisotopic (exact) mass is 423 g/mol. The maximum absolute atomic E-state index is 13.9. The molecule has 0 amide bonds. The largest absolute Gasteiger partial charge is 0.493 e. The van der Waals surface area contributed by atoms with Crippen LogP contribution >= 0.6 is 0 Å². The maximum atomic E-state index is 13.9. The fourth-order valence-corrected chi connectivity index (χ4v) is 4.36. The molecule has 1 fully saturated rings. The third-order valence-corrected chi connectivity index (χ3v) is 6.41. The predicted octanol–water partition coefficient (Wildman–Crippen LogP) is 1.94. The highest BCUT2D eigenvalue weighted by Gasteiger charge is 2.21. The van der Waals surface area contributed by atoms with Gasteiger partial charge in [-0.3, -0.25) is 4.90 Å². The second-order valence-corrected chi connectivity index (χ2v) is 8.46. The van der Waals surface area contributed by atoms with Crippen molar-refractivity contribution in [1.82, 2.24) is 9.62 Å². The molecule has 1 aliphatic heterocycles. The van der Waals surface area contributed by atoms with Crippen molar-refractivity contribution in [2.75, 3.05) is 58.4 Å². The number of anilines is 1. The average molecular weight is 424 g/mol. The molecule has 1 N–H and O–H groups in total. The van der Waals surface area contributed by atoms with Crippen LogP contribution in [0, 0.1) is 5.82 Å². The topological polar surface area (TPSA) is 71.1 Å². The first-order chi connectivity index (χ1) is 13.9. The Labute approximate surface area is 171 Å². The molecule has 1 heterocycles. The van der Waals surface area contributed by atoms with Gasteiger partial charge in [0.15, 0.2) is 11.5 Å². The molecular weight excluding hydrogens is 397 g/mol. The van der Waals surface area contributed by atoms with Crippen LogP contribution in [-0.4, -0.2) is 66.8 Å². The van der Waals surface area contributed by atoms with Gasteiger partial charge in [0, 0.05) is 45.3 Å². The standard InChI is InChI=1S/C20H26FN3O4S/c1-27-19-8-7-16(15-20(19)28-2)29(25,26)22-9-10-23-11-13-24(14-12-23)18-6-4-3-5-17(18)21/h3-8,15,22H,9-14H2,1-2H3. The lowest BCUT2D eigenvalue weighted by molar-refractivity contribution is 0.261. The minimum absolute atomic E-state index is 0.125. The number of ether oxygens (including phenoxy) is 2. The van der Waals surface area contributed by atoms with E-state index in [2.05, 4.69) is 9.62 Å².